The van der Waals surface area contributed by atoms with Crippen molar-refractivity contribution in [2.24, 2.45) is 0 Å². The number of carbonyl (C=O) groups is 1. The third-order valence-electron chi connectivity index (χ3n) is 3.19. The molecule has 0 unspecified atom stereocenters. The van der Waals surface area contributed by atoms with Crippen LogP contribution in [0.2, 0.25) is 0 Å². The maximum Gasteiger partial charge on any atom is 0.371 e. The van der Waals surface area contributed by atoms with E-state index >= 15 is 0 Å². The molecule has 88 valence electrons. The van der Waals surface area contributed by atoms with Gasteiger partial charge in [-0.15, -0.1) is 0 Å². The molecule has 3 rings (SSSR count). The van der Waals surface area contributed by atoms with Gasteiger partial charge in [-0.3, -0.25) is 0 Å². The molecule has 0 aliphatic carbocycles. The normalized spacial score (nSPS) is 14.3. The van der Waals surface area contributed by atoms with Crippen LogP contribution < -0.4 is 4.90 Å². The number of aromatic carboxylic acids is 1. The van der Waals surface area contributed by atoms with E-state index in [9.17, 15) is 9.90 Å². The van der Waals surface area contributed by atoms with Gasteiger partial charge in [0.1, 0.15) is 0 Å². The number of carboxylic acid groups (broad SMARTS) is 1. The van der Waals surface area contributed by atoms with Crippen molar-refractivity contribution < 1.29 is 19.4 Å². The van der Waals surface area contributed by atoms with E-state index in [1.54, 1.807) is 6.07 Å². The van der Waals surface area contributed by atoms with E-state index < -0.39 is 5.97 Å². The Morgan fingerprint density at radius 3 is 2.94 bits per heavy atom. The van der Waals surface area contributed by atoms with Gasteiger partial charge in [-0.25, -0.2) is 4.79 Å². The monoisotopic (exact) mass is 233 g/mol. The molecule has 2 N–H and O–H groups in total. The number of rotatable bonds is 1. The number of fused-ring (bicyclic) bond motifs is 3. The fourth-order valence-corrected chi connectivity index (χ4v) is 2.33. The molecule has 2 aromatic rings. The van der Waals surface area contributed by atoms with Crippen LogP contribution in [0.1, 0.15) is 16.1 Å². The molecule has 5 heteroatoms. The number of phenolic OH excluding ortho intramolecular Hbond substituents is 1. The minimum Gasteiger partial charge on any atom is -0.504 e. The first-order chi connectivity index (χ1) is 8.08. The first-order valence-corrected chi connectivity index (χ1v) is 5.30. The van der Waals surface area contributed by atoms with Crippen LogP contribution in [0.5, 0.6) is 5.75 Å². The molecule has 1 aromatic heterocycles. The molecule has 0 bridgehead atoms. The highest BCUT2D eigenvalue weighted by Gasteiger charge is 2.24. The second-order valence-corrected chi connectivity index (χ2v) is 4.22. The van der Waals surface area contributed by atoms with Gasteiger partial charge in [-0.05, 0) is 18.1 Å². The fourth-order valence-electron chi connectivity index (χ4n) is 2.33. The third kappa shape index (κ3) is 1.28. The van der Waals surface area contributed by atoms with Crippen LogP contribution >= 0.6 is 0 Å². The molecule has 1 aliphatic heterocycles. The van der Waals surface area contributed by atoms with Crippen molar-refractivity contribution in [3.05, 3.63) is 23.5 Å². The lowest BCUT2D eigenvalue weighted by atomic mass is 10.1. The molecule has 1 aliphatic rings. The number of benzene rings is 1. The summed E-state index contributed by atoms with van der Waals surface area (Å²) in [7, 11) is 1.94. The molecular formula is C12H11NO4. The van der Waals surface area contributed by atoms with E-state index in [0.717, 1.165) is 24.2 Å². The molecule has 1 aromatic carbocycles. The lowest BCUT2D eigenvalue weighted by Crippen LogP contribution is -2.12. The Hall–Kier alpha value is -2.17. The molecule has 17 heavy (non-hydrogen) atoms. The Morgan fingerprint density at radius 2 is 2.24 bits per heavy atom. The SMILES string of the molecule is CN1CCc2c1cc(O)c1oc(C(=O)O)cc21. The fraction of sp³-hybridized carbons (Fsp3) is 0.250. The van der Waals surface area contributed by atoms with Gasteiger partial charge in [-0.1, -0.05) is 0 Å². The Kier molecular flexibility index (Phi) is 1.86. The molecule has 5 nitrogen and oxygen atoms in total. The first-order valence-electron chi connectivity index (χ1n) is 5.30. The maximum atomic E-state index is 10.9. The summed E-state index contributed by atoms with van der Waals surface area (Å²) >= 11 is 0. The number of hydrogen-bond acceptors (Lipinski definition) is 4. The van der Waals surface area contributed by atoms with E-state index in [1.807, 2.05) is 11.9 Å². The zero-order valence-electron chi connectivity index (χ0n) is 9.23. The highest BCUT2D eigenvalue weighted by atomic mass is 16.4. The van der Waals surface area contributed by atoms with Crippen LogP contribution in [-0.2, 0) is 6.42 Å². The Balaban J connectivity index is 2.35. The zero-order chi connectivity index (χ0) is 12.2. The van der Waals surface area contributed by atoms with Crippen LogP contribution in [0.4, 0.5) is 5.69 Å². The minimum absolute atomic E-state index is 0.0139. The summed E-state index contributed by atoms with van der Waals surface area (Å²) in [4.78, 5) is 12.9. The van der Waals surface area contributed by atoms with Crippen LogP contribution in [-0.4, -0.2) is 29.8 Å². The molecule has 0 amide bonds. The minimum atomic E-state index is -1.12. The molecular weight excluding hydrogens is 222 g/mol. The number of nitrogens with zero attached hydrogens (tertiary/aromatic N) is 1. The standard InChI is InChI=1S/C12H11NO4/c1-13-3-2-6-7-4-10(12(15)16)17-11(7)9(14)5-8(6)13/h4-5,14H,2-3H2,1H3,(H,15,16). The van der Waals surface area contributed by atoms with Crippen LogP contribution in [0, 0.1) is 0 Å². The van der Waals surface area contributed by atoms with E-state index in [1.165, 1.54) is 6.07 Å². The number of carboxylic acids is 1. The van der Waals surface area contributed by atoms with Crippen LogP contribution in [0.15, 0.2) is 16.5 Å². The molecule has 0 saturated heterocycles. The maximum absolute atomic E-state index is 10.9. The van der Waals surface area contributed by atoms with Crippen molar-refractivity contribution >= 4 is 22.6 Å². The van der Waals surface area contributed by atoms with Crippen molar-refractivity contribution in [3.63, 3.8) is 0 Å². The molecule has 0 spiro atoms. The molecule has 0 atom stereocenters. The van der Waals surface area contributed by atoms with Crippen molar-refractivity contribution in [1.29, 1.82) is 0 Å². The second kappa shape index (κ2) is 3.16. The van der Waals surface area contributed by atoms with Crippen LogP contribution in [0.25, 0.3) is 11.0 Å². The zero-order valence-corrected chi connectivity index (χ0v) is 9.23. The van der Waals surface area contributed by atoms with Gasteiger partial charge in [0, 0.05) is 30.7 Å². The van der Waals surface area contributed by atoms with E-state index in [0.29, 0.717) is 5.39 Å². The molecule has 0 saturated carbocycles. The number of anilines is 1. The lowest BCUT2D eigenvalue weighted by Gasteiger charge is -2.11. The van der Waals surface area contributed by atoms with Crippen molar-refractivity contribution in [3.8, 4) is 5.75 Å². The van der Waals surface area contributed by atoms with Gasteiger partial charge >= 0.3 is 5.97 Å². The van der Waals surface area contributed by atoms with Gasteiger partial charge in [0.05, 0.1) is 0 Å². The molecule has 2 heterocycles. The Morgan fingerprint density at radius 1 is 1.47 bits per heavy atom. The highest BCUT2D eigenvalue weighted by Crippen LogP contribution is 2.40. The summed E-state index contributed by atoms with van der Waals surface area (Å²) in [6, 6.07) is 3.11. The van der Waals surface area contributed by atoms with Gasteiger partial charge < -0.3 is 19.5 Å². The van der Waals surface area contributed by atoms with Gasteiger partial charge in [0.15, 0.2) is 11.3 Å². The van der Waals surface area contributed by atoms with Crippen molar-refractivity contribution in [2.45, 2.75) is 6.42 Å². The Labute approximate surface area is 96.9 Å². The highest BCUT2D eigenvalue weighted by molar-refractivity contribution is 5.98. The predicted molar refractivity (Wildman–Crippen MR) is 61.8 cm³/mol. The smallest absolute Gasteiger partial charge is 0.371 e. The van der Waals surface area contributed by atoms with Gasteiger partial charge in [0.2, 0.25) is 5.76 Å². The summed E-state index contributed by atoms with van der Waals surface area (Å²) in [5.74, 6) is -1.28. The Bertz CT molecular complexity index is 629. The number of hydrogen-bond donors (Lipinski definition) is 2. The number of furan rings is 1. The number of likely N-dealkylation sites (N-methyl/N-ethyl adjacent to an activating group) is 1. The molecule has 0 fully saturated rings. The topological polar surface area (TPSA) is 73.9 Å². The first kappa shape index (κ1) is 10.0. The predicted octanol–water partition coefficient (Wildman–Crippen LogP) is 1.83. The molecule has 0 radical (unpaired) electrons. The average Bonchev–Trinajstić information content (AvgIpc) is 2.84. The summed E-state index contributed by atoms with van der Waals surface area (Å²) in [5.41, 5.74) is 2.24. The second-order valence-electron chi connectivity index (χ2n) is 4.22. The van der Waals surface area contributed by atoms with Crippen molar-refractivity contribution in [2.75, 3.05) is 18.5 Å². The van der Waals surface area contributed by atoms with E-state index in [-0.39, 0.29) is 17.1 Å². The number of phenols is 1. The van der Waals surface area contributed by atoms with E-state index in [4.69, 9.17) is 9.52 Å². The van der Waals surface area contributed by atoms with E-state index in [2.05, 4.69) is 0 Å². The van der Waals surface area contributed by atoms with Crippen molar-refractivity contribution in [1.82, 2.24) is 0 Å². The quantitative estimate of drug-likeness (QED) is 0.786. The average molecular weight is 233 g/mol. The van der Waals surface area contributed by atoms with Gasteiger partial charge in [-0.2, -0.15) is 0 Å². The lowest BCUT2D eigenvalue weighted by molar-refractivity contribution is 0.0665. The summed E-state index contributed by atoms with van der Waals surface area (Å²) < 4.78 is 5.15. The van der Waals surface area contributed by atoms with Crippen LogP contribution in [0.3, 0.4) is 0 Å². The summed E-state index contributed by atoms with van der Waals surface area (Å²) in [5, 5.41) is 19.4. The third-order valence-corrected chi connectivity index (χ3v) is 3.19. The number of aromatic hydroxyl groups is 1. The summed E-state index contributed by atoms with van der Waals surface area (Å²) in [6.07, 6.45) is 0.835. The summed E-state index contributed by atoms with van der Waals surface area (Å²) in [6.45, 7) is 0.863. The van der Waals surface area contributed by atoms with Gasteiger partial charge in [0.25, 0.3) is 0 Å². The largest absolute Gasteiger partial charge is 0.504 e.